The van der Waals surface area contributed by atoms with Crippen LogP contribution in [0.4, 0.5) is 10.6 Å². The summed E-state index contributed by atoms with van der Waals surface area (Å²) in [5, 5.41) is 0. The summed E-state index contributed by atoms with van der Waals surface area (Å²) < 4.78 is 5.52. The third kappa shape index (κ3) is 5.32. The molecule has 1 aliphatic heterocycles. The van der Waals surface area contributed by atoms with E-state index >= 15 is 0 Å². The SMILES string of the molecule is CCCCN(C(=O)OC(C)(C)C)c1ccc(C2=NCCCC2)cn1. The molecular formula is C19H29N3O2. The van der Waals surface area contributed by atoms with Gasteiger partial charge in [-0.3, -0.25) is 9.89 Å². The summed E-state index contributed by atoms with van der Waals surface area (Å²) in [6.07, 6.45) is 6.75. The summed E-state index contributed by atoms with van der Waals surface area (Å²) in [6.45, 7) is 9.24. The number of amides is 1. The van der Waals surface area contributed by atoms with E-state index in [-0.39, 0.29) is 6.09 Å². The van der Waals surface area contributed by atoms with Crippen molar-refractivity contribution in [1.82, 2.24) is 4.98 Å². The first-order valence-electron chi connectivity index (χ1n) is 8.91. The molecule has 0 spiro atoms. The van der Waals surface area contributed by atoms with Crippen molar-refractivity contribution >= 4 is 17.6 Å². The average Bonchev–Trinajstić information content (AvgIpc) is 2.55. The third-order valence-corrected chi connectivity index (χ3v) is 3.83. The van der Waals surface area contributed by atoms with E-state index in [0.717, 1.165) is 37.1 Å². The standard InChI is InChI=1S/C19H29N3O2/c1-5-6-13-22(18(23)24-19(2,3)4)17-11-10-15(14-21-17)16-9-7-8-12-20-16/h10-11,14H,5-9,12-13H2,1-4H3. The molecule has 132 valence electrons. The Balaban J connectivity index is 2.16. The fourth-order valence-corrected chi connectivity index (χ4v) is 2.58. The zero-order chi connectivity index (χ0) is 17.6. The minimum Gasteiger partial charge on any atom is -0.443 e. The molecule has 0 atom stereocenters. The lowest BCUT2D eigenvalue weighted by Gasteiger charge is -2.27. The van der Waals surface area contributed by atoms with Gasteiger partial charge in [0.2, 0.25) is 0 Å². The molecule has 0 fully saturated rings. The maximum absolute atomic E-state index is 12.5. The first-order valence-corrected chi connectivity index (χ1v) is 8.91. The molecule has 0 saturated carbocycles. The van der Waals surface area contributed by atoms with Crippen molar-refractivity contribution in [2.24, 2.45) is 4.99 Å². The molecule has 0 saturated heterocycles. The number of aromatic nitrogens is 1. The number of ether oxygens (including phenoxy) is 1. The molecule has 2 rings (SSSR count). The number of aliphatic imine (C=N–C) groups is 1. The predicted octanol–water partition coefficient (Wildman–Crippen LogP) is 4.60. The van der Waals surface area contributed by atoms with Crippen LogP contribution in [0.3, 0.4) is 0 Å². The molecule has 1 aromatic rings. The molecule has 0 aliphatic carbocycles. The summed E-state index contributed by atoms with van der Waals surface area (Å²) in [5.74, 6) is 0.637. The fraction of sp³-hybridized carbons (Fsp3) is 0.632. The number of pyridine rings is 1. The number of rotatable bonds is 5. The lowest BCUT2D eigenvalue weighted by molar-refractivity contribution is 0.0579. The van der Waals surface area contributed by atoms with E-state index in [1.807, 2.05) is 39.1 Å². The second-order valence-electron chi connectivity index (χ2n) is 7.18. The summed E-state index contributed by atoms with van der Waals surface area (Å²) >= 11 is 0. The van der Waals surface area contributed by atoms with Gasteiger partial charge in [-0.2, -0.15) is 0 Å². The topological polar surface area (TPSA) is 54.8 Å². The van der Waals surface area contributed by atoms with Crippen molar-refractivity contribution in [3.8, 4) is 0 Å². The normalized spacial score (nSPS) is 14.9. The fourth-order valence-electron chi connectivity index (χ4n) is 2.58. The zero-order valence-corrected chi connectivity index (χ0v) is 15.3. The van der Waals surface area contributed by atoms with Gasteiger partial charge in [0.1, 0.15) is 11.4 Å². The Morgan fingerprint density at radius 3 is 2.62 bits per heavy atom. The van der Waals surface area contributed by atoms with Crippen LogP contribution < -0.4 is 4.90 Å². The first-order chi connectivity index (χ1) is 11.4. The quantitative estimate of drug-likeness (QED) is 0.792. The molecule has 24 heavy (non-hydrogen) atoms. The number of hydrogen-bond donors (Lipinski definition) is 0. The van der Waals surface area contributed by atoms with E-state index in [9.17, 15) is 4.79 Å². The van der Waals surface area contributed by atoms with E-state index in [2.05, 4.69) is 16.9 Å². The lowest BCUT2D eigenvalue weighted by Crippen LogP contribution is -2.38. The van der Waals surface area contributed by atoms with Crippen LogP contribution in [0.2, 0.25) is 0 Å². The number of carbonyl (C=O) groups is 1. The zero-order valence-electron chi connectivity index (χ0n) is 15.3. The monoisotopic (exact) mass is 331 g/mol. The molecule has 0 radical (unpaired) electrons. The van der Waals surface area contributed by atoms with Crippen LogP contribution in [-0.4, -0.2) is 35.5 Å². The Morgan fingerprint density at radius 2 is 2.08 bits per heavy atom. The minimum absolute atomic E-state index is 0.341. The maximum atomic E-state index is 12.5. The van der Waals surface area contributed by atoms with Crippen LogP contribution in [0, 0.1) is 0 Å². The van der Waals surface area contributed by atoms with Crippen LogP contribution in [0.15, 0.2) is 23.3 Å². The Kier molecular flexibility index (Phi) is 6.35. The van der Waals surface area contributed by atoms with Gasteiger partial charge < -0.3 is 4.74 Å². The molecule has 5 heteroatoms. The number of hydrogen-bond acceptors (Lipinski definition) is 4. The number of carbonyl (C=O) groups excluding carboxylic acids is 1. The van der Waals surface area contributed by atoms with E-state index in [1.54, 1.807) is 4.90 Å². The van der Waals surface area contributed by atoms with Gasteiger partial charge in [-0.05, 0) is 58.6 Å². The molecule has 2 heterocycles. The van der Waals surface area contributed by atoms with Crippen LogP contribution in [0.25, 0.3) is 0 Å². The van der Waals surface area contributed by atoms with Crippen molar-refractivity contribution in [3.05, 3.63) is 23.9 Å². The van der Waals surface area contributed by atoms with E-state index < -0.39 is 5.60 Å². The van der Waals surface area contributed by atoms with Crippen LogP contribution in [-0.2, 0) is 4.74 Å². The molecule has 1 amide bonds. The van der Waals surface area contributed by atoms with E-state index in [0.29, 0.717) is 12.4 Å². The highest BCUT2D eigenvalue weighted by molar-refractivity contribution is 6.01. The Bertz CT molecular complexity index is 573. The summed E-state index contributed by atoms with van der Waals surface area (Å²) in [4.78, 5) is 23.2. The van der Waals surface area contributed by atoms with Crippen LogP contribution in [0.1, 0.15) is 65.4 Å². The number of anilines is 1. The van der Waals surface area contributed by atoms with Crippen molar-refractivity contribution in [2.75, 3.05) is 18.0 Å². The smallest absolute Gasteiger partial charge is 0.416 e. The second kappa shape index (κ2) is 8.27. The van der Waals surface area contributed by atoms with Crippen molar-refractivity contribution in [2.45, 2.75) is 65.4 Å². The Morgan fingerprint density at radius 1 is 1.29 bits per heavy atom. The molecule has 0 unspecified atom stereocenters. The largest absolute Gasteiger partial charge is 0.443 e. The van der Waals surface area contributed by atoms with Gasteiger partial charge in [0.25, 0.3) is 0 Å². The molecular weight excluding hydrogens is 302 g/mol. The van der Waals surface area contributed by atoms with Gasteiger partial charge >= 0.3 is 6.09 Å². The molecule has 0 bridgehead atoms. The highest BCUT2D eigenvalue weighted by atomic mass is 16.6. The van der Waals surface area contributed by atoms with Gasteiger partial charge in [-0.15, -0.1) is 0 Å². The number of unbranched alkanes of at least 4 members (excludes halogenated alkanes) is 1. The maximum Gasteiger partial charge on any atom is 0.416 e. The van der Waals surface area contributed by atoms with Gasteiger partial charge in [-0.1, -0.05) is 13.3 Å². The Hall–Kier alpha value is -1.91. The summed E-state index contributed by atoms with van der Waals surface area (Å²) in [6, 6.07) is 3.90. The van der Waals surface area contributed by atoms with E-state index in [1.165, 1.54) is 12.8 Å². The summed E-state index contributed by atoms with van der Waals surface area (Å²) in [7, 11) is 0. The molecule has 1 aliphatic rings. The lowest BCUT2D eigenvalue weighted by atomic mass is 10.0. The highest BCUT2D eigenvalue weighted by Crippen LogP contribution is 2.19. The van der Waals surface area contributed by atoms with Gasteiger partial charge in [0.05, 0.1) is 0 Å². The van der Waals surface area contributed by atoms with Crippen LogP contribution in [0.5, 0.6) is 0 Å². The first kappa shape index (κ1) is 18.4. The molecule has 0 aromatic carbocycles. The average molecular weight is 331 g/mol. The van der Waals surface area contributed by atoms with Gasteiger partial charge in [-0.25, -0.2) is 9.78 Å². The third-order valence-electron chi connectivity index (χ3n) is 3.83. The molecule has 0 N–H and O–H groups in total. The highest BCUT2D eigenvalue weighted by Gasteiger charge is 2.24. The van der Waals surface area contributed by atoms with Crippen molar-refractivity contribution in [3.63, 3.8) is 0 Å². The Labute approximate surface area is 145 Å². The predicted molar refractivity (Wildman–Crippen MR) is 98.0 cm³/mol. The number of nitrogens with zero attached hydrogens (tertiary/aromatic N) is 3. The molecule has 1 aromatic heterocycles. The molecule has 5 nitrogen and oxygen atoms in total. The van der Waals surface area contributed by atoms with Gasteiger partial charge in [0, 0.05) is 30.6 Å². The van der Waals surface area contributed by atoms with Gasteiger partial charge in [0.15, 0.2) is 0 Å². The van der Waals surface area contributed by atoms with E-state index in [4.69, 9.17) is 4.74 Å². The van der Waals surface area contributed by atoms with Crippen molar-refractivity contribution < 1.29 is 9.53 Å². The second-order valence-corrected chi connectivity index (χ2v) is 7.18. The summed E-state index contributed by atoms with van der Waals surface area (Å²) in [5.41, 5.74) is 1.66. The van der Waals surface area contributed by atoms with Crippen LogP contribution >= 0.6 is 0 Å². The minimum atomic E-state index is -0.516. The van der Waals surface area contributed by atoms with Crippen molar-refractivity contribution in [1.29, 1.82) is 0 Å².